The third-order valence-corrected chi connectivity index (χ3v) is 19.7. The van der Waals surface area contributed by atoms with Crippen LogP contribution < -0.4 is 21.3 Å². The van der Waals surface area contributed by atoms with Crippen molar-refractivity contribution in [1.29, 1.82) is 0 Å². The summed E-state index contributed by atoms with van der Waals surface area (Å²) in [6.45, 7) is 15.9. The highest BCUT2D eigenvalue weighted by atomic mass is 19.4. The van der Waals surface area contributed by atoms with Crippen molar-refractivity contribution in [2.75, 3.05) is 82.2 Å². The minimum atomic E-state index is -5.17. The summed E-state index contributed by atoms with van der Waals surface area (Å²) in [5, 5.41) is 32.1. The standard InChI is InChI=1S/C75H117F3N12O15/c1-19-48(10)64-68(98)82-62(49(11)91)74(104)83(12)41-61(94)84(13)55(36-45(4)5)65(95)80-53(71(101)90-33-27-22-28-34-90)40-60(93)88(17)63(47(8)9)67(97)81-54(42-105-43-59(92)75(76,77)78)70(100)86(15)57(37-46(6)7)72(102)85(14)56(38-50-29-23-20-24-30-50)66(96)79-52(35-44(2)3)69(99)87(16)58(73(103)89(64)18)39-51-31-25-21-26-32-51/h20-21,23-26,29-32,44-49,52-59,62-64,91-92H,19,22,27-28,33-43H2,1-18H3,(H,79,96)(H,80,95)(H,81,97)(H,82,98)/t48-,49+,52-,53-,54-,55-,56-,57-,58-,59?,62-,63-,64-/m0/s1. The Morgan fingerprint density at radius 1 is 0.514 bits per heavy atom. The summed E-state index contributed by atoms with van der Waals surface area (Å²) >= 11 is 0. The van der Waals surface area contributed by atoms with Gasteiger partial charge in [-0.3, -0.25) is 57.5 Å². The summed E-state index contributed by atoms with van der Waals surface area (Å²) in [7, 11) is 9.10. The van der Waals surface area contributed by atoms with Crippen molar-refractivity contribution in [3.8, 4) is 0 Å². The lowest BCUT2D eigenvalue weighted by Crippen LogP contribution is -2.63. The number of piperidine rings is 1. The molecule has 12 amide bonds. The number of hydrogen-bond donors (Lipinski definition) is 6. The first-order chi connectivity index (χ1) is 49.0. The van der Waals surface area contributed by atoms with Crippen molar-refractivity contribution in [3.63, 3.8) is 0 Å². The second-order valence-electron chi connectivity index (χ2n) is 29.9. The molecule has 2 saturated heterocycles. The summed E-state index contributed by atoms with van der Waals surface area (Å²) in [4.78, 5) is 190. The van der Waals surface area contributed by atoms with Crippen LogP contribution >= 0.6 is 0 Å². The molecule has 2 aromatic carbocycles. The van der Waals surface area contributed by atoms with Crippen LogP contribution in [0.15, 0.2) is 60.7 Å². The van der Waals surface area contributed by atoms with E-state index in [0.29, 0.717) is 30.4 Å². The van der Waals surface area contributed by atoms with Gasteiger partial charge in [0.25, 0.3) is 0 Å². The molecular formula is C75H117F3N12O15. The van der Waals surface area contributed by atoms with Crippen molar-refractivity contribution in [2.45, 2.75) is 219 Å². The molecule has 2 heterocycles. The van der Waals surface area contributed by atoms with E-state index in [-0.39, 0.29) is 62.9 Å². The number of rotatable bonds is 19. The smallest absolute Gasteiger partial charge is 0.391 e. The number of likely N-dealkylation sites (N-methyl/N-ethyl adjacent to an activating group) is 7. The molecule has 2 aliphatic heterocycles. The van der Waals surface area contributed by atoms with Crippen molar-refractivity contribution in [2.24, 2.45) is 29.6 Å². The van der Waals surface area contributed by atoms with E-state index in [1.807, 2.05) is 0 Å². The molecule has 1 unspecified atom stereocenters. The molecule has 105 heavy (non-hydrogen) atoms. The number of carbonyl (C=O) groups excluding carboxylic acids is 12. The summed E-state index contributed by atoms with van der Waals surface area (Å²) in [6.07, 6.45) is -8.68. The molecule has 0 radical (unpaired) electrons. The number of nitrogens with zero attached hydrogens (tertiary/aromatic N) is 8. The van der Waals surface area contributed by atoms with Crippen LogP contribution in [0.25, 0.3) is 0 Å². The summed E-state index contributed by atoms with van der Waals surface area (Å²) < 4.78 is 46.7. The van der Waals surface area contributed by atoms with Gasteiger partial charge in [-0.25, -0.2) is 0 Å². The molecule has 0 saturated carbocycles. The van der Waals surface area contributed by atoms with Gasteiger partial charge in [0.05, 0.1) is 32.3 Å². The molecular weight excluding hydrogens is 1370 g/mol. The Balaban J connectivity index is 2.04. The van der Waals surface area contributed by atoms with Gasteiger partial charge in [-0.1, -0.05) is 136 Å². The molecule has 6 N–H and O–H groups in total. The molecule has 27 nitrogen and oxygen atoms in total. The van der Waals surface area contributed by atoms with Crippen molar-refractivity contribution < 1.29 is 85.7 Å². The van der Waals surface area contributed by atoms with Gasteiger partial charge in [-0.05, 0) is 86.2 Å². The summed E-state index contributed by atoms with van der Waals surface area (Å²) in [6, 6.07) is 2.07. The van der Waals surface area contributed by atoms with Crippen LogP contribution in [0, 0.1) is 29.6 Å². The number of alkyl halides is 3. The number of nitrogens with one attached hydrogen (secondary N) is 4. The van der Waals surface area contributed by atoms with Crippen LogP contribution in [0.5, 0.6) is 0 Å². The highest BCUT2D eigenvalue weighted by molar-refractivity contribution is 6.00. The Morgan fingerprint density at radius 3 is 1.49 bits per heavy atom. The zero-order valence-corrected chi connectivity index (χ0v) is 64.6. The van der Waals surface area contributed by atoms with Gasteiger partial charge in [0, 0.05) is 75.3 Å². The van der Waals surface area contributed by atoms with Crippen molar-refractivity contribution >= 4 is 70.9 Å². The maximum atomic E-state index is 15.5. The molecule has 30 heteroatoms. The van der Waals surface area contributed by atoms with Crippen LogP contribution in [-0.4, -0.2) is 281 Å². The molecule has 0 spiro atoms. The van der Waals surface area contributed by atoms with Gasteiger partial charge in [0.2, 0.25) is 70.9 Å². The van der Waals surface area contributed by atoms with Gasteiger partial charge >= 0.3 is 6.18 Å². The molecule has 13 atom stereocenters. The molecule has 0 aliphatic carbocycles. The minimum Gasteiger partial charge on any atom is -0.391 e. The summed E-state index contributed by atoms with van der Waals surface area (Å²) in [5.74, 6) is -12.7. The number of benzene rings is 2. The number of ether oxygens (including phenoxy) is 1. The first-order valence-corrected chi connectivity index (χ1v) is 36.5. The number of likely N-dealkylation sites (tertiary alicyclic amines) is 1. The second-order valence-corrected chi connectivity index (χ2v) is 29.9. The number of carbonyl (C=O) groups is 12. The predicted molar refractivity (Wildman–Crippen MR) is 387 cm³/mol. The van der Waals surface area contributed by atoms with E-state index in [9.17, 15) is 56.9 Å². The van der Waals surface area contributed by atoms with Crippen molar-refractivity contribution in [3.05, 3.63) is 71.8 Å². The lowest BCUT2D eigenvalue weighted by Gasteiger charge is -2.39. The lowest BCUT2D eigenvalue weighted by atomic mass is 9.94. The molecule has 588 valence electrons. The van der Waals surface area contributed by atoms with E-state index in [1.54, 1.807) is 130 Å². The Morgan fingerprint density at radius 2 is 0.981 bits per heavy atom. The third-order valence-electron chi connectivity index (χ3n) is 19.7. The topological polar surface area (TPSA) is 329 Å². The van der Waals surface area contributed by atoms with E-state index < -0.39 is 188 Å². The van der Waals surface area contributed by atoms with E-state index in [4.69, 9.17) is 4.74 Å². The van der Waals surface area contributed by atoms with Crippen molar-refractivity contribution in [1.82, 2.24) is 60.5 Å². The zero-order valence-electron chi connectivity index (χ0n) is 64.6. The van der Waals surface area contributed by atoms with Gasteiger partial charge in [-0.15, -0.1) is 0 Å². The molecule has 0 bridgehead atoms. The highest BCUT2D eigenvalue weighted by Gasteiger charge is 2.46. The summed E-state index contributed by atoms with van der Waals surface area (Å²) in [5.41, 5.74) is 1.16. The maximum Gasteiger partial charge on any atom is 0.416 e. The Labute approximate surface area is 617 Å². The van der Waals surface area contributed by atoms with Crippen LogP contribution in [0.4, 0.5) is 13.2 Å². The predicted octanol–water partition coefficient (Wildman–Crippen LogP) is 3.41. The average Bonchev–Trinajstić information content (AvgIpc) is 0.808. The number of halogens is 3. The second kappa shape index (κ2) is 41.0. The Bertz CT molecular complexity index is 3250. The SMILES string of the molecule is CC[C@H](C)[C@H]1C(=O)N[C@@H]([C@@H](C)O)C(=O)N(C)CC(=O)N(C)[C@@H](CC(C)C)C(=O)N[C@H](C(=O)N2CCCCC2)CC(=O)N(C)[C@@H](C(C)C)C(=O)N[C@@H](COCC(O)C(F)(F)F)C(=O)N(C)[C@@H](CC(C)C)C(=O)N(C)[C@@H](Cc2ccccc2)C(=O)N[C@@H](CC(C)C)C(=O)N(C)[C@@H](Cc2ccccc2)C(=O)N1C. The quantitative estimate of drug-likeness (QED) is 0.117. The largest absolute Gasteiger partial charge is 0.416 e. The molecule has 2 aliphatic rings. The minimum absolute atomic E-state index is 0.00743. The Kier molecular flexibility index (Phi) is 34.8. The molecule has 0 aromatic heterocycles. The highest BCUT2D eigenvalue weighted by Crippen LogP contribution is 2.26. The zero-order chi connectivity index (χ0) is 79.2. The van der Waals surface area contributed by atoms with Crippen LogP contribution in [0.2, 0.25) is 0 Å². The van der Waals surface area contributed by atoms with Crippen LogP contribution in [0.3, 0.4) is 0 Å². The first-order valence-electron chi connectivity index (χ1n) is 36.5. The maximum absolute atomic E-state index is 15.5. The number of aliphatic hydroxyl groups is 2. The molecule has 2 aromatic rings. The van der Waals surface area contributed by atoms with E-state index in [2.05, 4.69) is 21.3 Å². The fourth-order valence-corrected chi connectivity index (χ4v) is 13.2. The lowest BCUT2D eigenvalue weighted by molar-refractivity contribution is -0.217. The van der Waals surface area contributed by atoms with Gasteiger partial charge in [-0.2, -0.15) is 13.2 Å². The number of amides is 12. The fraction of sp³-hybridized carbons (Fsp3) is 0.680. The van der Waals surface area contributed by atoms with Gasteiger partial charge in [0.15, 0.2) is 6.10 Å². The Hall–Kier alpha value is -8.25. The van der Waals surface area contributed by atoms with E-state index in [0.717, 1.165) is 30.9 Å². The fourth-order valence-electron chi connectivity index (χ4n) is 13.2. The third kappa shape index (κ3) is 25.5. The van der Waals surface area contributed by atoms with Crippen LogP contribution in [-0.2, 0) is 75.1 Å². The van der Waals surface area contributed by atoms with Gasteiger partial charge < -0.3 is 75.4 Å². The normalized spacial score (nSPS) is 25.2. The number of hydrogen-bond acceptors (Lipinski definition) is 15. The first kappa shape index (κ1) is 89.1. The average molecular weight is 1480 g/mol. The molecule has 4 rings (SSSR count). The number of aliphatic hydroxyl groups excluding tert-OH is 2. The van der Waals surface area contributed by atoms with Crippen LogP contribution in [0.1, 0.15) is 139 Å². The van der Waals surface area contributed by atoms with Gasteiger partial charge in [0.1, 0.15) is 60.4 Å². The monoisotopic (exact) mass is 1480 g/mol. The molecule has 2 fully saturated rings. The van der Waals surface area contributed by atoms with E-state index in [1.165, 1.54) is 71.0 Å². The van der Waals surface area contributed by atoms with E-state index >= 15 is 24.0 Å².